The smallest absolute Gasteiger partial charge is 0.377 e. The number of hydrogen-bond acceptors (Lipinski definition) is 5. The highest BCUT2D eigenvalue weighted by molar-refractivity contribution is 7.13. The molecule has 2 heterocycles. The summed E-state index contributed by atoms with van der Waals surface area (Å²) in [7, 11) is 0. The molecule has 0 aliphatic heterocycles. The van der Waals surface area contributed by atoms with Crippen LogP contribution in [-0.4, -0.2) is 17.7 Å². The molecule has 0 saturated carbocycles. The van der Waals surface area contributed by atoms with Gasteiger partial charge >= 0.3 is 5.97 Å². The summed E-state index contributed by atoms with van der Waals surface area (Å²) >= 11 is 1.55. The van der Waals surface area contributed by atoms with Crippen molar-refractivity contribution in [2.24, 2.45) is 0 Å². The lowest BCUT2D eigenvalue weighted by Crippen LogP contribution is -2.04. The number of esters is 1. The molecule has 16 heavy (non-hydrogen) atoms. The van der Waals surface area contributed by atoms with Gasteiger partial charge in [-0.1, -0.05) is 11.2 Å². The largest absolute Gasteiger partial charge is 0.460 e. The van der Waals surface area contributed by atoms with Crippen molar-refractivity contribution in [3.63, 3.8) is 0 Å². The van der Waals surface area contributed by atoms with E-state index in [2.05, 4.69) is 5.16 Å². The normalized spacial score (nSPS) is 10.4. The maximum atomic E-state index is 11.5. The van der Waals surface area contributed by atoms with E-state index in [0.717, 1.165) is 10.4 Å². The van der Waals surface area contributed by atoms with E-state index >= 15 is 0 Å². The molecule has 0 spiro atoms. The van der Waals surface area contributed by atoms with Gasteiger partial charge < -0.3 is 9.26 Å². The molecule has 5 heteroatoms. The Morgan fingerprint density at radius 3 is 3.06 bits per heavy atom. The zero-order chi connectivity index (χ0) is 11.5. The Labute approximate surface area is 96.8 Å². The Morgan fingerprint density at radius 2 is 2.44 bits per heavy atom. The fraction of sp³-hybridized carbons (Fsp3) is 0.273. The summed E-state index contributed by atoms with van der Waals surface area (Å²) in [5, 5.41) is 5.85. The first-order valence-electron chi connectivity index (χ1n) is 4.91. The first kappa shape index (κ1) is 10.9. The van der Waals surface area contributed by atoms with Crippen molar-refractivity contribution in [1.82, 2.24) is 5.16 Å². The van der Waals surface area contributed by atoms with Gasteiger partial charge in [0.05, 0.1) is 11.5 Å². The number of carbonyl (C=O) groups excluding carboxylic acids is 1. The standard InChI is InChI=1S/C11H11NO3S/c1-3-14-11(13)10-7(2)9(12-15-10)8-5-4-6-16-8/h4-6H,3H2,1-2H3. The van der Waals surface area contributed by atoms with E-state index < -0.39 is 5.97 Å². The maximum Gasteiger partial charge on any atom is 0.377 e. The predicted molar refractivity (Wildman–Crippen MR) is 60.5 cm³/mol. The molecular formula is C11H11NO3S. The third kappa shape index (κ3) is 1.86. The van der Waals surface area contributed by atoms with E-state index in [1.807, 2.05) is 17.5 Å². The Kier molecular flexibility index (Phi) is 3.05. The van der Waals surface area contributed by atoms with Crippen LogP contribution < -0.4 is 0 Å². The summed E-state index contributed by atoms with van der Waals surface area (Å²) in [6.45, 7) is 3.88. The number of nitrogens with zero attached hydrogens (tertiary/aromatic N) is 1. The van der Waals surface area contributed by atoms with Crippen molar-refractivity contribution >= 4 is 17.3 Å². The molecule has 2 aromatic rings. The average Bonchev–Trinajstić information content (AvgIpc) is 2.86. The molecule has 0 aromatic carbocycles. The number of hydrogen-bond donors (Lipinski definition) is 0. The molecule has 0 aliphatic rings. The molecule has 0 bridgehead atoms. The van der Waals surface area contributed by atoms with Gasteiger partial charge in [0.1, 0.15) is 5.69 Å². The van der Waals surface area contributed by atoms with Crippen LogP contribution in [0, 0.1) is 6.92 Å². The fourth-order valence-electron chi connectivity index (χ4n) is 1.37. The SMILES string of the molecule is CCOC(=O)c1onc(-c2cccs2)c1C. The number of aromatic nitrogens is 1. The predicted octanol–water partition coefficient (Wildman–Crippen LogP) is 2.89. The molecule has 0 atom stereocenters. The molecule has 84 valence electrons. The Morgan fingerprint density at radius 1 is 1.62 bits per heavy atom. The van der Waals surface area contributed by atoms with Gasteiger partial charge in [-0.25, -0.2) is 4.79 Å². The quantitative estimate of drug-likeness (QED) is 0.770. The highest BCUT2D eigenvalue weighted by Gasteiger charge is 2.21. The summed E-state index contributed by atoms with van der Waals surface area (Å²) in [6, 6.07) is 3.86. The molecule has 0 amide bonds. The summed E-state index contributed by atoms with van der Waals surface area (Å²) in [4.78, 5) is 12.5. The lowest BCUT2D eigenvalue weighted by Gasteiger charge is -1.97. The minimum atomic E-state index is -0.463. The van der Waals surface area contributed by atoms with Crippen molar-refractivity contribution in [1.29, 1.82) is 0 Å². The third-order valence-electron chi connectivity index (χ3n) is 2.14. The van der Waals surface area contributed by atoms with Gasteiger partial charge in [0, 0.05) is 5.56 Å². The van der Waals surface area contributed by atoms with Gasteiger partial charge in [0.25, 0.3) is 0 Å². The van der Waals surface area contributed by atoms with Crippen LogP contribution in [0.15, 0.2) is 22.0 Å². The molecule has 4 nitrogen and oxygen atoms in total. The summed E-state index contributed by atoms with van der Waals surface area (Å²) < 4.78 is 9.89. The van der Waals surface area contributed by atoms with Gasteiger partial charge in [-0.3, -0.25) is 0 Å². The zero-order valence-corrected chi connectivity index (χ0v) is 9.84. The van der Waals surface area contributed by atoms with Gasteiger partial charge in [-0.05, 0) is 25.3 Å². The number of thiophene rings is 1. The fourth-order valence-corrected chi connectivity index (χ4v) is 2.13. The second kappa shape index (κ2) is 4.49. The monoisotopic (exact) mass is 237 g/mol. The van der Waals surface area contributed by atoms with Crippen molar-refractivity contribution in [2.75, 3.05) is 6.61 Å². The number of carbonyl (C=O) groups is 1. The van der Waals surface area contributed by atoms with Crippen LogP contribution in [0.4, 0.5) is 0 Å². The lowest BCUT2D eigenvalue weighted by atomic mass is 10.2. The molecule has 0 saturated heterocycles. The van der Waals surface area contributed by atoms with Crippen LogP contribution in [0.25, 0.3) is 10.6 Å². The lowest BCUT2D eigenvalue weighted by molar-refractivity contribution is 0.0478. The van der Waals surface area contributed by atoms with Crippen molar-refractivity contribution in [2.45, 2.75) is 13.8 Å². The summed E-state index contributed by atoms with van der Waals surface area (Å²) in [5.74, 6) is -0.277. The molecule has 0 radical (unpaired) electrons. The van der Waals surface area contributed by atoms with Gasteiger partial charge in [0.15, 0.2) is 0 Å². The number of ether oxygens (including phenoxy) is 1. The van der Waals surface area contributed by atoms with Crippen LogP contribution in [0.2, 0.25) is 0 Å². The van der Waals surface area contributed by atoms with Crippen molar-refractivity contribution < 1.29 is 14.1 Å². The van der Waals surface area contributed by atoms with E-state index in [-0.39, 0.29) is 5.76 Å². The second-order valence-electron chi connectivity index (χ2n) is 3.18. The van der Waals surface area contributed by atoms with Crippen molar-refractivity contribution in [3.05, 3.63) is 28.8 Å². The minimum Gasteiger partial charge on any atom is -0.460 e. The van der Waals surface area contributed by atoms with E-state index in [1.165, 1.54) is 0 Å². The van der Waals surface area contributed by atoms with E-state index in [9.17, 15) is 4.79 Å². The Balaban J connectivity index is 2.35. The molecule has 2 aromatic heterocycles. The Bertz CT molecular complexity index is 487. The van der Waals surface area contributed by atoms with Crippen LogP contribution in [0.1, 0.15) is 23.0 Å². The van der Waals surface area contributed by atoms with E-state index in [0.29, 0.717) is 12.3 Å². The third-order valence-corrected chi connectivity index (χ3v) is 3.02. The average molecular weight is 237 g/mol. The molecule has 2 rings (SSSR count). The molecule has 0 fully saturated rings. The molecular weight excluding hydrogens is 226 g/mol. The minimum absolute atomic E-state index is 0.185. The van der Waals surface area contributed by atoms with Gasteiger partial charge in [-0.15, -0.1) is 11.3 Å². The van der Waals surface area contributed by atoms with Crippen LogP contribution in [0.3, 0.4) is 0 Å². The second-order valence-corrected chi connectivity index (χ2v) is 4.13. The van der Waals surface area contributed by atoms with Crippen molar-refractivity contribution in [3.8, 4) is 10.6 Å². The number of rotatable bonds is 3. The van der Waals surface area contributed by atoms with Gasteiger partial charge in [0.2, 0.25) is 5.76 Å². The molecule has 0 unspecified atom stereocenters. The first-order valence-corrected chi connectivity index (χ1v) is 5.79. The molecule has 0 N–H and O–H groups in total. The van der Waals surface area contributed by atoms with Gasteiger partial charge in [-0.2, -0.15) is 0 Å². The first-order chi connectivity index (χ1) is 7.74. The highest BCUT2D eigenvalue weighted by Crippen LogP contribution is 2.28. The van der Waals surface area contributed by atoms with E-state index in [4.69, 9.17) is 9.26 Å². The summed E-state index contributed by atoms with van der Waals surface area (Å²) in [5.41, 5.74) is 1.43. The highest BCUT2D eigenvalue weighted by atomic mass is 32.1. The molecule has 0 aliphatic carbocycles. The van der Waals surface area contributed by atoms with Crippen LogP contribution >= 0.6 is 11.3 Å². The van der Waals surface area contributed by atoms with E-state index in [1.54, 1.807) is 25.2 Å². The Hall–Kier alpha value is -1.62. The zero-order valence-electron chi connectivity index (χ0n) is 9.02. The summed E-state index contributed by atoms with van der Waals surface area (Å²) in [6.07, 6.45) is 0. The van der Waals surface area contributed by atoms with Crippen LogP contribution in [-0.2, 0) is 4.74 Å². The van der Waals surface area contributed by atoms with Crippen LogP contribution in [0.5, 0.6) is 0 Å². The maximum absolute atomic E-state index is 11.5. The topological polar surface area (TPSA) is 52.3 Å².